The van der Waals surface area contributed by atoms with Crippen LogP contribution >= 0.6 is 0 Å². The smallest absolute Gasteiger partial charge is 0.264 e. The molecule has 3 aromatic carbocycles. The van der Waals surface area contributed by atoms with E-state index >= 15 is 0 Å². The summed E-state index contributed by atoms with van der Waals surface area (Å²) >= 11 is 0. The number of carbonyl (C=O) groups is 2. The molecule has 2 atom stereocenters. The van der Waals surface area contributed by atoms with E-state index in [9.17, 15) is 18.0 Å². The predicted octanol–water partition coefficient (Wildman–Crippen LogP) is 5.22. The third kappa shape index (κ3) is 7.69. The molecule has 0 spiro atoms. The molecule has 0 bridgehead atoms. The molecule has 0 radical (unpaired) electrons. The Morgan fingerprint density at radius 3 is 2.10 bits per heavy atom. The maximum Gasteiger partial charge on any atom is 0.264 e. The zero-order valence-corrected chi connectivity index (χ0v) is 24.2. The molecule has 0 unspecified atom stereocenters. The number of benzene rings is 3. The standard InChI is InChI=1S/C31H39N3O4S/c1-6-25(5)32-31(36)29(7-2)33(21-26-13-11-12-24(4)20-26)30(35)22-34(27-18-16-23(3)17-19-27)39(37,38)28-14-9-8-10-15-28/h8-20,25,29H,6-7,21-22H2,1-5H3,(H,32,36)/t25-,29-/m0/s1. The summed E-state index contributed by atoms with van der Waals surface area (Å²) < 4.78 is 28.8. The topological polar surface area (TPSA) is 86.8 Å². The number of hydrogen-bond acceptors (Lipinski definition) is 4. The van der Waals surface area contributed by atoms with Crippen molar-refractivity contribution in [1.82, 2.24) is 10.2 Å². The van der Waals surface area contributed by atoms with E-state index in [4.69, 9.17) is 0 Å². The second kappa shape index (κ2) is 13.4. The monoisotopic (exact) mass is 549 g/mol. The minimum absolute atomic E-state index is 0.0509. The van der Waals surface area contributed by atoms with Crippen LogP contribution in [0.4, 0.5) is 5.69 Å². The van der Waals surface area contributed by atoms with Crippen LogP contribution in [0, 0.1) is 13.8 Å². The van der Waals surface area contributed by atoms with E-state index in [1.165, 1.54) is 17.0 Å². The van der Waals surface area contributed by atoms with E-state index < -0.39 is 28.5 Å². The molecule has 0 fully saturated rings. The first-order chi connectivity index (χ1) is 18.6. The minimum Gasteiger partial charge on any atom is -0.352 e. The van der Waals surface area contributed by atoms with Gasteiger partial charge >= 0.3 is 0 Å². The molecule has 0 saturated carbocycles. The Balaban J connectivity index is 2.04. The molecule has 0 heterocycles. The molecule has 1 N–H and O–H groups in total. The summed E-state index contributed by atoms with van der Waals surface area (Å²) in [4.78, 5) is 29.0. The van der Waals surface area contributed by atoms with Crippen molar-refractivity contribution >= 4 is 27.5 Å². The Kier molecular flexibility index (Phi) is 10.3. The molecular weight excluding hydrogens is 510 g/mol. The second-order valence-corrected chi connectivity index (χ2v) is 11.8. The Morgan fingerprint density at radius 2 is 1.51 bits per heavy atom. The Morgan fingerprint density at radius 1 is 0.846 bits per heavy atom. The highest BCUT2D eigenvalue weighted by molar-refractivity contribution is 7.92. The van der Waals surface area contributed by atoms with Gasteiger partial charge in [-0.3, -0.25) is 13.9 Å². The van der Waals surface area contributed by atoms with E-state index in [1.807, 2.05) is 71.0 Å². The van der Waals surface area contributed by atoms with Crippen molar-refractivity contribution in [2.45, 2.75) is 71.0 Å². The number of nitrogens with one attached hydrogen (secondary N) is 1. The quantitative estimate of drug-likeness (QED) is 0.336. The highest BCUT2D eigenvalue weighted by atomic mass is 32.2. The second-order valence-electron chi connectivity index (χ2n) is 9.91. The maximum atomic E-state index is 14.1. The number of carbonyl (C=O) groups excluding carboxylic acids is 2. The van der Waals surface area contributed by atoms with Gasteiger partial charge in [0.1, 0.15) is 12.6 Å². The van der Waals surface area contributed by atoms with Crippen molar-refractivity contribution in [1.29, 1.82) is 0 Å². The molecule has 3 rings (SSSR count). The fourth-order valence-corrected chi connectivity index (χ4v) is 5.76. The molecule has 0 aromatic heterocycles. The first-order valence-corrected chi connectivity index (χ1v) is 14.8. The Bertz CT molecular complexity index is 1360. The summed E-state index contributed by atoms with van der Waals surface area (Å²) in [5.74, 6) is -0.705. The van der Waals surface area contributed by atoms with Crippen LogP contribution in [0.2, 0.25) is 0 Å². The highest BCUT2D eigenvalue weighted by Gasteiger charge is 2.33. The van der Waals surface area contributed by atoms with Crippen LogP contribution in [0.15, 0.2) is 83.8 Å². The summed E-state index contributed by atoms with van der Waals surface area (Å²) in [5, 5.41) is 3.00. The molecule has 39 heavy (non-hydrogen) atoms. The van der Waals surface area contributed by atoms with Crippen LogP contribution in [0.25, 0.3) is 0 Å². The number of aryl methyl sites for hydroxylation is 2. The summed E-state index contributed by atoms with van der Waals surface area (Å²) in [6.45, 7) is 9.37. The molecule has 8 heteroatoms. The average Bonchev–Trinajstić information content (AvgIpc) is 2.92. The van der Waals surface area contributed by atoms with Crippen LogP contribution in [0.5, 0.6) is 0 Å². The molecule has 0 aliphatic carbocycles. The van der Waals surface area contributed by atoms with E-state index in [0.29, 0.717) is 12.1 Å². The van der Waals surface area contributed by atoms with Gasteiger partial charge < -0.3 is 10.2 Å². The van der Waals surface area contributed by atoms with Crippen molar-refractivity contribution < 1.29 is 18.0 Å². The molecule has 3 aromatic rings. The molecule has 208 valence electrons. The molecule has 7 nitrogen and oxygen atoms in total. The third-order valence-corrected chi connectivity index (χ3v) is 8.54. The SMILES string of the molecule is CC[C@H](C)NC(=O)[C@H](CC)N(Cc1cccc(C)c1)C(=O)CN(c1ccc(C)cc1)S(=O)(=O)c1ccccc1. The van der Waals surface area contributed by atoms with Gasteiger partial charge in [0.15, 0.2) is 0 Å². The number of anilines is 1. The lowest BCUT2D eigenvalue weighted by Crippen LogP contribution is -2.53. The molecule has 0 aliphatic heterocycles. The lowest BCUT2D eigenvalue weighted by atomic mass is 10.1. The van der Waals surface area contributed by atoms with Crippen molar-refractivity contribution in [2.24, 2.45) is 0 Å². The minimum atomic E-state index is -4.07. The zero-order chi connectivity index (χ0) is 28.6. The molecule has 0 saturated heterocycles. The number of rotatable bonds is 12. The van der Waals surface area contributed by atoms with Gasteiger partial charge in [-0.25, -0.2) is 8.42 Å². The first-order valence-electron chi connectivity index (χ1n) is 13.4. The van der Waals surface area contributed by atoms with E-state index in [1.54, 1.807) is 30.3 Å². The lowest BCUT2D eigenvalue weighted by molar-refractivity contribution is -0.140. The van der Waals surface area contributed by atoms with Crippen LogP contribution in [0.3, 0.4) is 0 Å². The largest absolute Gasteiger partial charge is 0.352 e. The Labute approximate surface area is 232 Å². The van der Waals surface area contributed by atoms with Gasteiger partial charge in [0.25, 0.3) is 10.0 Å². The van der Waals surface area contributed by atoms with Gasteiger partial charge in [-0.15, -0.1) is 0 Å². The van der Waals surface area contributed by atoms with E-state index in [0.717, 1.165) is 27.4 Å². The number of sulfonamides is 1. The number of hydrogen-bond donors (Lipinski definition) is 1. The first kappa shape index (κ1) is 29.9. The fraction of sp³-hybridized carbons (Fsp3) is 0.355. The summed E-state index contributed by atoms with van der Waals surface area (Å²) in [5.41, 5.74) is 3.25. The molecule has 0 aliphatic rings. The molecule has 2 amide bonds. The lowest BCUT2D eigenvalue weighted by Gasteiger charge is -2.33. The zero-order valence-electron chi connectivity index (χ0n) is 23.4. The summed E-state index contributed by atoms with van der Waals surface area (Å²) in [6, 6.07) is 22.0. The van der Waals surface area contributed by atoms with E-state index in [-0.39, 0.29) is 23.4 Å². The predicted molar refractivity (Wildman–Crippen MR) is 156 cm³/mol. The van der Waals surface area contributed by atoms with Crippen molar-refractivity contribution in [3.05, 3.63) is 95.6 Å². The average molecular weight is 550 g/mol. The van der Waals surface area contributed by atoms with Crippen LogP contribution in [0.1, 0.15) is 50.3 Å². The van der Waals surface area contributed by atoms with Gasteiger partial charge in [0.05, 0.1) is 10.6 Å². The van der Waals surface area contributed by atoms with Crippen molar-refractivity contribution in [2.75, 3.05) is 10.8 Å². The number of nitrogens with zero attached hydrogens (tertiary/aromatic N) is 2. The normalized spacial score (nSPS) is 12.8. The third-order valence-electron chi connectivity index (χ3n) is 6.75. The summed E-state index contributed by atoms with van der Waals surface area (Å²) in [6.07, 6.45) is 1.14. The van der Waals surface area contributed by atoms with Crippen molar-refractivity contribution in [3.63, 3.8) is 0 Å². The summed E-state index contributed by atoms with van der Waals surface area (Å²) in [7, 11) is -4.07. The highest BCUT2D eigenvalue weighted by Crippen LogP contribution is 2.25. The van der Waals surface area contributed by atoms with Gasteiger partial charge in [0, 0.05) is 12.6 Å². The van der Waals surface area contributed by atoms with Crippen LogP contribution < -0.4 is 9.62 Å². The van der Waals surface area contributed by atoms with Gasteiger partial charge in [-0.1, -0.05) is 79.6 Å². The molecular formula is C31H39N3O4S. The Hall–Kier alpha value is -3.65. The van der Waals surface area contributed by atoms with E-state index in [2.05, 4.69) is 5.32 Å². The fourth-order valence-electron chi connectivity index (χ4n) is 4.33. The maximum absolute atomic E-state index is 14.1. The van der Waals surface area contributed by atoms with Crippen LogP contribution in [-0.4, -0.2) is 43.8 Å². The van der Waals surface area contributed by atoms with Crippen LogP contribution in [-0.2, 0) is 26.2 Å². The van der Waals surface area contributed by atoms with Crippen molar-refractivity contribution in [3.8, 4) is 0 Å². The van der Waals surface area contributed by atoms with Gasteiger partial charge in [-0.05, 0) is 63.4 Å². The number of amides is 2. The van der Waals surface area contributed by atoms with Gasteiger partial charge in [-0.2, -0.15) is 0 Å². The van der Waals surface area contributed by atoms with Gasteiger partial charge in [0.2, 0.25) is 11.8 Å².